The second-order valence-electron chi connectivity index (χ2n) is 3.54. The van der Waals surface area contributed by atoms with E-state index in [4.69, 9.17) is 15.7 Å². The van der Waals surface area contributed by atoms with E-state index in [9.17, 15) is 0 Å². The fourth-order valence-electron chi connectivity index (χ4n) is 1.36. The predicted molar refractivity (Wildman–Crippen MR) is 60.5 cm³/mol. The second kappa shape index (κ2) is 5.26. The van der Waals surface area contributed by atoms with E-state index in [1.807, 2.05) is 26.0 Å². The number of nitrogens with zero attached hydrogens (tertiary/aromatic N) is 1. The molecule has 0 aliphatic rings. The van der Waals surface area contributed by atoms with Crippen molar-refractivity contribution < 1.29 is 4.74 Å². The van der Waals surface area contributed by atoms with Gasteiger partial charge in [0.25, 0.3) is 0 Å². The summed E-state index contributed by atoms with van der Waals surface area (Å²) < 4.78 is 5.71. The van der Waals surface area contributed by atoms with E-state index < -0.39 is 0 Å². The van der Waals surface area contributed by atoms with E-state index in [0.717, 1.165) is 23.4 Å². The first-order valence-electron chi connectivity index (χ1n) is 5.07. The molecule has 0 amide bonds. The Bertz CT molecular complexity index is 368. The van der Waals surface area contributed by atoms with Gasteiger partial charge in [0.05, 0.1) is 12.5 Å². The van der Waals surface area contributed by atoms with Crippen LogP contribution in [0.5, 0.6) is 5.75 Å². The minimum atomic E-state index is -0.0303. The van der Waals surface area contributed by atoms with Crippen molar-refractivity contribution in [1.29, 1.82) is 5.26 Å². The fraction of sp³-hybridized carbons (Fsp3) is 0.417. The van der Waals surface area contributed by atoms with Gasteiger partial charge >= 0.3 is 0 Å². The minimum absolute atomic E-state index is 0.0303. The first kappa shape index (κ1) is 11.4. The van der Waals surface area contributed by atoms with Crippen molar-refractivity contribution in [2.75, 3.05) is 5.73 Å². The average molecular weight is 204 g/mol. The largest absolute Gasteiger partial charge is 0.489 e. The van der Waals surface area contributed by atoms with Crippen LogP contribution >= 0.6 is 0 Å². The quantitative estimate of drug-likeness (QED) is 0.767. The Morgan fingerprint density at radius 2 is 2.27 bits per heavy atom. The van der Waals surface area contributed by atoms with Gasteiger partial charge in [0.2, 0.25) is 0 Å². The molecule has 0 radical (unpaired) electrons. The predicted octanol–water partition coefficient (Wildman–Crippen LogP) is 2.65. The van der Waals surface area contributed by atoms with Gasteiger partial charge in [0.1, 0.15) is 11.9 Å². The number of benzene rings is 1. The molecule has 3 heteroatoms. The highest BCUT2D eigenvalue weighted by atomic mass is 16.5. The Labute approximate surface area is 90.5 Å². The average Bonchev–Trinajstić information content (AvgIpc) is 2.21. The number of aryl methyl sites for hydroxylation is 1. The van der Waals surface area contributed by atoms with Crippen LogP contribution in [-0.2, 0) is 0 Å². The highest BCUT2D eigenvalue weighted by molar-refractivity contribution is 5.47. The van der Waals surface area contributed by atoms with Gasteiger partial charge in [-0.2, -0.15) is 5.26 Å². The molecule has 0 heterocycles. The summed E-state index contributed by atoms with van der Waals surface area (Å²) in [6.45, 7) is 3.96. The number of rotatable bonds is 4. The topological polar surface area (TPSA) is 59.0 Å². The molecule has 1 atom stereocenters. The molecular weight excluding hydrogens is 188 g/mol. The van der Waals surface area contributed by atoms with Crippen LogP contribution in [-0.4, -0.2) is 6.10 Å². The summed E-state index contributed by atoms with van der Waals surface area (Å²) in [5.41, 5.74) is 7.38. The standard InChI is InChI=1S/C12H16N2O/c1-3-11(6-7-13)15-12-5-4-10(14)8-9(12)2/h4-5,8,11H,3,6,14H2,1-2H3. The van der Waals surface area contributed by atoms with Gasteiger partial charge in [-0.05, 0) is 37.1 Å². The van der Waals surface area contributed by atoms with Gasteiger partial charge in [-0.1, -0.05) is 6.92 Å². The van der Waals surface area contributed by atoms with Crippen molar-refractivity contribution in [2.24, 2.45) is 0 Å². The summed E-state index contributed by atoms with van der Waals surface area (Å²) in [7, 11) is 0. The number of hydrogen-bond donors (Lipinski definition) is 1. The summed E-state index contributed by atoms with van der Waals surface area (Å²) in [6, 6.07) is 7.65. The highest BCUT2D eigenvalue weighted by Crippen LogP contribution is 2.22. The molecule has 15 heavy (non-hydrogen) atoms. The van der Waals surface area contributed by atoms with Crippen molar-refractivity contribution >= 4 is 5.69 Å². The number of nitrogen functional groups attached to an aromatic ring is 1. The van der Waals surface area contributed by atoms with Crippen molar-refractivity contribution in [2.45, 2.75) is 32.8 Å². The molecule has 0 bridgehead atoms. The SMILES string of the molecule is CCC(CC#N)Oc1ccc(N)cc1C. The van der Waals surface area contributed by atoms with E-state index >= 15 is 0 Å². The van der Waals surface area contributed by atoms with E-state index in [2.05, 4.69) is 6.07 Å². The molecule has 0 fully saturated rings. The van der Waals surface area contributed by atoms with Gasteiger partial charge in [0, 0.05) is 5.69 Å². The Morgan fingerprint density at radius 1 is 1.53 bits per heavy atom. The lowest BCUT2D eigenvalue weighted by Gasteiger charge is -2.16. The zero-order chi connectivity index (χ0) is 11.3. The summed E-state index contributed by atoms with van der Waals surface area (Å²) >= 11 is 0. The fourth-order valence-corrected chi connectivity index (χ4v) is 1.36. The highest BCUT2D eigenvalue weighted by Gasteiger charge is 2.09. The van der Waals surface area contributed by atoms with Crippen LogP contribution in [0.15, 0.2) is 18.2 Å². The Hall–Kier alpha value is -1.69. The maximum atomic E-state index is 8.61. The van der Waals surface area contributed by atoms with Crippen LogP contribution in [0.25, 0.3) is 0 Å². The van der Waals surface area contributed by atoms with Crippen LogP contribution < -0.4 is 10.5 Å². The third-order valence-electron chi connectivity index (χ3n) is 2.27. The molecule has 0 aromatic heterocycles. The first-order valence-corrected chi connectivity index (χ1v) is 5.07. The Morgan fingerprint density at radius 3 is 2.80 bits per heavy atom. The Kier molecular flexibility index (Phi) is 3.99. The number of ether oxygens (including phenoxy) is 1. The maximum Gasteiger partial charge on any atom is 0.122 e. The molecule has 0 saturated carbocycles. The second-order valence-corrected chi connectivity index (χ2v) is 3.54. The maximum absolute atomic E-state index is 8.61. The molecule has 1 aromatic rings. The smallest absolute Gasteiger partial charge is 0.122 e. The van der Waals surface area contributed by atoms with Gasteiger partial charge in [-0.3, -0.25) is 0 Å². The minimum Gasteiger partial charge on any atom is -0.489 e. The van der Waals surface area contributed by atoms with E-state index in [-0.39, 0.29) is 6.10 Å². The lowest BCUT2D eigenvalue weighted by Crippen LogP contribution is -2.14. The Balaban J connectivity index is 2.75. The van der Waals surface area contributed by atoms with E-state index in [1.54, 1.807) is 6.07 Å². The molecule has 1 rings (SSSR count). The van der Waals surface area contributed by atoms with Crippen molar-refractivity contribution in [3.8, 4) is 11.8 Å². The van der Waals surface area contributed by atoms with Crippen LogP contribution in [0.4, 0.5) is 5.69 Å². The monoisotopic (exact) mass is 204 g/mol. The van der Waals surface area contributed by atoms with Gasteiger partial charge in [-0.25, -0.2) is 0 Å². The number of hydrogen-bond acceptors (Lipinski definition) is 3. The van der Waals surface area contributed by atoms with Crippen LogP contribution in [0.3, 0.4) is 0 Å². The van der Waals surface area contributed by atoms with Gasteiger partial charge in [0.15, 0.2) is 0 Å². The summed E-state index contributed by atoms with van der Waals surface area (Å²) in [4.78, 5) is 0. The van der Waals surface area contributed by atoms with Gasteiger partial charge < -0.3 is 10.5 Å². The molecule has 0 aliphatic heterocycles. The summed E-state index contributed by atoms with van der Waals surface area (Å²) in [5.74, 6) is 0.811. The van der Waals surface area contributed by atoms with E-state index in [1.165, 1.54) is 0 Å². The first-order chi connectivity index (χ1) is 7.17. The molecule has 3 nitrogen and oxygen atoms in total. The van der Waals surface area contributed by atoms with Gasteiger partial charge in [-0.15, -0.1) is 0 Å². The lowest BCUT2D eigenvalue weighted by molar-refractivity contribution is 0.201. The zero-order valence-corrected chi connectivity index (χ0v) is 9.16. The number of nitriles is 1. The molecule has 0 saturated heterocycles. The molecule has 80 valence electrons. The number of nitrogens with two attached hydrogens (primary N) is 1. The normalized spacial score (nSPS) is 11.8. The third-order valence-corrected chi connectivity index (χ3v) is 2.27. The lowest BCUT2D eigenvalue weighted by atomic mass is 10.2. The molecule has 1 aromatic carbocycles. The van der Waals surface area contributed by atoms with Crippen molar-refractivity contribution in [3.05, 3.63) is 23.8 Å². The molecular formula is C12H16N2O. The molecule has 2 N–H and O–H groups in total. The molecule has 0 aliphatic carbocycles. The van der Waals surface area contributed by atoms with Crippen LogP contribution in [0.2, 0.25) is 0 Å². The van der Waals surface area contributed by atoms with Crippen LogP contribution in [0.1, 0.15) is 25.3 Å². The van der Waals surface area contributed by atoms with E-state index in [0.29, 0.717) is 6.42 Å². The zero-order valence-electron chi connectivity index (χ0n) is 9.16. The van der Waals surface area contributed by atoms with Crippen molar-refractivity contribution in [1.82, 2.24) is 0 Å². The molecule has 0 spiro atoms. The van der Waals surface area contributed by atoms with Crippen molar-refractivity contribution in [3.63, 3.8) is 0 Å². The number of anilines is 1. The summed E-state index contributed by atoms with van der Waals surface area (Å²) in [6.07, 6.45) is 1.22. The van der Waals surface area contributed by atoms with Crippen LogP contribution in [0, 0.1) is 18.3 Å². The summed E-state index contributed by atoms with van der Waals surface area (Å²) in [5, 5.41) is 8.61. The third kappa shape index (κ3) is 3.17. The molecule has 1 unspecified atom stereocenters.